The van der Waals surface area contributed by atoms with Crippen molar-refractivity contribution in [2.24, 2.45) is 0 Å². The number of aromatic nitrogens is 7. The third-order valence-corrected chi connectivity index (χ3v) is 9.82. The number of nitrogens with zero attached hydrogens (tertiary/aromatic N) is 9. The van der Waals surface area contributed by atoms with Gasteiger partial charge in [-0.05, 0) is 74.0 Å². The van der Waals surface area contributed by atoms with Crippen LogP contribution in [-0.2, 0) is 21.8 Å². The predicted octanol–water partition coefficient (Wildman–Crippen LogP) is 4.82. The van der Waals surface area contributed by atoms with Gasteiger partial charge in [-0.2, -0.15) is 20.1 Å². The first-order valence-electron chi connectivity index (χ1n) is 17.5. The molecule has 262 valence electrons. The van der Waals surface area contributed by atoms with E-state index < -0.39 is 5.79 Å². The first kappa shape index (κ1) is 32.7. The lowest BCUT2D eigenvalue weighted by molar-refractivity contribution is -0.192. The van der Waals surface area contributed by atoms with Crippen molar-refractivity contribution < 1.29 is 14.2 Å². The Hall–Kier alpha value is -5.53. The van der Waals surface area contributed by atoms with Crippen LogP contribution in [0.1, 0.15) is 31.9 Å². The van der Waals surface area contributed by atoms with Crippen LogP contribution in [0, 0.1) is 0 Å². The van der Waals surface area contributed by atoms with Gasteiger partial charge in [-0.3, -0.25) is 4.98 Å². The highest BCUT2D eigenvalue weighted by Crippen LogP contribution is 2.37. The number of piperazine rings is 1. The van der Waals surface area contributed by atoms with Crippen LogP contribution in [0.3, 0.4) is 0 Å². The maximum absolute atomic E-state index is 12.8. The summed E-state index contributed by atoms with van der Waals surface area (Å²) in [5.74, 6) is -0.317. The van der Waals surface area contributed by atoms with Crippen molar-refractivity contribution in [2.75, 3.05) is 49.2 Å². The molecule has 2 aliphatic heterocycles. The number of ether oxygens (including phenoxy) is 3. The molecule has 0 amide bonds. The number of rotatable bonds is 11. The van der Waals surface area contributed by atoms with E-state index in [4.69, 9.17) is 14.2 Å². The van der Waals surface area contributed by atoms with Crippen LogP contribution in [0.5, 0.6) is 5.75 Å². The van der Waals surface area contributed by atoms with Crippen molar-refractivity contribution in [3.63, 3.8) is 0 Å². The summed E-state index contributed by atoms with van der Waals surface area (Å²) in [6, 6.07) is 26.5. The van der Waals surface area contributed by atoms with E-state index in [2.05, 4.69) is 67.3 Å². The molecule has 0 aliphatic carbocycles. The molecule has 1 unspecified atom stereocenters. The molecule has 0 radical (unpaired) electrons. The molecule has 3 aromatic carbocycles. The van der Waals surface area contributed by atoms with Crippen molar-refractivity contribution >= 4 is 22.3 Å². The molecule has 2 aliphatic rings. The Kier molecular flexibility index (Phi) is 8.97. The van der Waals surface area contributed by atoms with Gasteiger partial charge in [-0.1, -0.05) is 25.1 Å². The monoisotopic (exact) mass is 687 g/mol. The quantitative estimate of drug-likeness (QED) is 0.188. The Morgan fingerprint density at radius 2 is 1.55 bits per heavy atom. The van der Waals surface area contributed by atoms with Gasteiger partial charge in [0, 0.05) is 54.7 Å². The zero-order valence-electron chi connectivity index (χ0n) is 28.8. The van der Waals surface area contributed by atoms with Crippen LogP contribution in [0.25, 0.3) is 16.6 Å². The summed E-state index contributed by atoms with van der Waals surface area (Å²) < 4.78 is 22.3. The molecule has 51 heavy (non-hydrogen) atoms. The molecular formula is C38H41N9O4. The Morgan fingerprint density at radius 1 is 0.882 bits per heavy atom. The van der Waals surface area contributed by atoms with E-state index in [1.165, 1.54) is 0 Å². The van der Waals surface area contributed by atoms with Gasteiger partial charge >= 0.3 is 5.69 Å². The van der Waals surface area contributed by atoms with Crippen molar-refractivity contribution in [2.45, 2.75) is 44.7 Å². The number of hydrogen-bond donors (Lipinski definition) is 0. The summed E-state index contributed by atoms with van der Waals surface area (Å²) in [5.41, 5.74) is 4.72. The molecule has 3 aromatic heterocycles. The number of benzene rings is 3. The maximum atomic E-state index is 12.8. The second kappa shape index (κ2) is 14.0. The minimum Gasteiger partial charge on any atom is -0.491 e. The highest BCUT2D eigenvalue weighted by atomic mass is 16.8. The van der Waals surface area contributed by atoms with Crippen LogP contribution in [-0.4, -0.2) is 79.8 Å². The Morgan fingerprint density at radius 3 is 2.25 bits per heavy atom. The maximum Gasteiger partial charge on any atom is 0.350 e. The van der Waals surface area contributed by atoms with Gasteiger partial charge in [0.25, 0.3) is 0 Å². The smallest absolute Gasteiger partial charge is 0.350 e. The minimum atomic E-state index is -1.09. The second-order valence-corrected chi connectivity index (χ2v) is 13.1. The molecule has 0 N–H and O–H groups in total. The Balaban J connectivity index is 0.859. The summed E-state index contributed by atoms with van der Waals surface area (Å²) in [6.45, 7) is 8.62. The molecule has 13 nitrogen and oxygen atoms in total. The Labute approximate surface area is 295 Å². The molecule has 6 aromatic rings. The molecule has 0 saturated carbocycles. The van der Waals surface area contributed by atoms with E-state index in [-0.39, 0.29) is 24.4 Å². The highest BCUT2D eigenvalue weighted by molar-refractivity contribution is 5.78. The second-order valence-electron chi connectivity index (χ2n) is 13.1. The van der Waals surface area contributed by atoms with Gasteiger partial charge in [-0.15, -0.1) is 0 Å². The van der Waals surface area contributed by atoms with E-state index in [1.807, 2.05) is 55.5 Å². The topological polar surface area (TPSA) is 118 Å². The van der Waals surface area contributed by atoms with Gasteiger partial charge in [0.05, 0.1) is 36.2 Å². The summed E-state index contributed by atoms with van der Waals surface area (Å²) in [5, 5.41) is 13.9. The lowest BCUT2D eigenvalue weighted by atomic mass is 10.1. The van der Waals surface area contributed by atoms with Crippen molar-refractivity contribution in [1.29, 1.82) is 0 Å². The summed E-state index contributed by atoms with van der Waals surface area (Å²) in [6.07, 6.45) is 7.25. The minimum absolute atomic E-state index is 0.0675. The van der Waals surface area contributed by atoms with Crippen LogP contribution >= 0.6 is 0 Å². The highest BCUT2D eigenvalue weighted by Gasteiger charge is 2.45. The number of fused-ring (bicyclic) bond motifs is 1. The van der Waals surface area contributed by atoms with Crippen LogP contribution in [0.15, 0.2) is 109 Å². The molecule has 0 bridgehead atoms. The normalized spacial score (nSPS) is 19.8. The number of anilines is 2. The zero-order chi connectivity index (χ0) is 34.8. The summed E-state index contributed by atoms with van der Waals surface area (Å²) >= 11 is 0. The molecule has 2 fully saturated rings. The van der Waals surface area contributed by atoms with Gasteiger partial charge in [-0.25, -0.2) is 14.0 Å². The van der Waals surface area contributed by atoms with Crippen molar-refractivity contribution in [1.82, 2.24) is 34.3 Å². The fraction of sp³-hybridized carbons (Fsp3) is 0.342. The van der Waals surface area contributed by atoms with Gasteiger partial charge in [0.2, 0.25) is 5.79 Å². The molecule has 5 heterocycles. The van der Waals surface area contributed by atoms with Crippen LogP contribution in [0.2, 0.25) is 0 Å². The molecule has 8 rings (SSSR count). The standard InChI is InChI=1S/C38H41N9O4/c1-3-28(2)47-37(48)45(27-42-47)33-10-8-31(9-11-33)43-18-20-44(21-19-43)32-12-14-34(15-13-32)49-24-35-25-50-38(51-35,26-46-40-16-17-41-46)30-22-29-6-4-5-7-36(29)39-23-30/h4-17,22-23,27-28,35H,3,18-21,24-26H2,1-2H3/t28?,35-,38-/m1/s1. The fourth-order valence-corrected chi connectivity index (χ4v) is 6.72. The molecule has 3 atom stereocenters. The van der Waals surface area contributed by atoms with Crippen molar-refractivity contribution in [3.05, 3.63) is 120 Å². The van der Waals surface area contributed by atoms with E-state index in [1.54, 1.807) is 39.0 Å². The first-order valence-corrected chi connectivity index (χ1v) is 17.5. The van der Waals surface area contributed by atoms with E-state index in [0.717, 1.165) is 71.9 Å². The number of pyridine rings is 1. The summed E-state index contributed by atoms with van der Waals surface area (Å²) in [4.78, 5) is 23.8. The van der Waals surface area contributed by atoms with E-state index in [9.17, 15) is 4.79 Å². The molecule has 13 heteroatoms. The zero-order valence-corrected chi connectivity index (χ0v) is 28.8. The largest absolute Gasteiger partial charge is 0.491 e. The van der Waals surface area contributed by atoms with E-state index >= 15 is 0 Å². The van der Waals surface area contributed by atoms with Gasteiger partial charge < -0.3 is 24.0 Å². The third kappa shape index (κ3) is 6.69. The molecular weight excluding hydrogens is 646 g/mol. The van der Waals surface area contributed by atoms with Gasteiger partial charge in [0.15, 0.2) is 0 Å². The molecule has 2 saturated heterocycles. The molecule has 0 spiro atoms. The van der Waals surface area contributed by atoms with Gasteiger partial charge in [0.1, 0.15) is 31.3 Å². The lowest BCUT2D eigenvalue weighted by Gasteiger charge is -2.37. The van der Waals surface area contributed by atoms with Crippen molar-refractivity contribution in [3.8, 4) is 11.4 Å². The van der Waals surface area contributed by atoms with Crippen LogP contribution < -0.4 is 20.2 Å². The van der Waals surface area contributed by atoms with Crippen LogP contribution in [0.4, 0.5) is 11.4 Å². The predicted molar refractivity (Wildman–Crippen MR) is 193 cm³/mol. The fourth-order valence-electron chi connectivity index (χ4n) is 6.72. The average Bonchev–Trinajstić information content (AvgIpc) is 3.95. The lowest BCUT2D eigenvalue weighted by Crippen LogP contribution is -2.46. The SMILES string of the molecule is CCC(C)n1ncn(-c2ccc(N3CCN(c4ccc(OC[C@@H]5CO[C@@](Cn6nccn6)(c6cnc7ccccc7c6)O5)cc4)CC3)cc2)c1=O. The first-order chi connectivity index (χ1) is 25.0. The number of hydrogen-bond acceptors (Lipinski definition) is 10. The van der Waals surface area contributed by atoms with E-state index in [0.29, 0.717) is 13.2 Å². The summed E-state index contributed by atoms with van der Waals surface area (Å²) in [7, 11) is 0. The number of para-hydroxylation sites is 1. The average molecular weight is 688 g/mol. The third-order valence-electron chi connectivity index (χ3n) is 9.82. The Bertz CT molecular complexity index is 2120.